The van der Waals surface area contributed by atoms with Crippen LogP contribution in [-0.4, -0.2) is 45.6 Å². The number of anilines is 1. The van der Waals surface area contributed by atoms with Crippen molar-refractivity contribution in [1.29, 1.82) is 0 Å². The molecule has 122 valence electrons. The lowest BCUT2D eigenvalue weighted by Gasteiger charge is -2.30. The van der Waals surface area contributed by atoms with E-state index in [1.54, 1.807) is 23.1 Å². The average Bonchev–Trinajstić information content (AvgIpc) is 2.46. The molecule has 0 aliphatic carbocycles. The summed E-state index contributed by atoms with van der Waals surface area (Å²) in [4.78, 5) is 14.4. The van der Waals surface area contributed by atoms with Crippen molar-refractivity contribution in [2.75, 3.05) is 30.7 Å². The molecular weight excluding hydrogens is 324 g/mol. The fourth-order valence-electron chi connectivity index (χ4n) is 2.45. The van der Waals surface area contributed by atoms with Gasteiger partial charge in [-0.15, -0.1) is 0 Å². The van der Waals surface area contributed by atoms with Crippen LogP contribution in [0.4, 0.5) is 5.69 Å². The number of piperidine rings is 1. The fraction of sp³-hybridized carbons (Fsp3) is 0.533. The number of halogens is 1. The Kier molecular flexibility index (Phi) is 5.02. The number of likely N-dealkylation sites (tertiary alicyclic amines) is 1. The van der Waals surface area contributed by atoms with Crippen LogP contribution in [0.25, 0.3) is 0 Å². The van der Waals surface area contributed by atoms with E-state index in [2.05, 4.69) is 6.92 Å². The Morgan fingerprint density at radius 1 is 1.32 bits per heavy atom. The molecule has 0 unspecified atom stereocenters. The third-order valence-corrected chi connectivity index (χ3v) is 5.65. The maximum absolute atomic E-state index is 12.6. The number of sulfonamides is 1. The van der Waals surface area contributed by atoms with Gasteiger partial charge in [0.15, 0.2) is 0 Å². The normalized spacial score (nSPS) is 16.6. The first-order chi connectivity index (χ1) is 10.2. The lowest BCUT2D eigenvalue weighted by atomic mass is 9.98. The molecule has 0 aromatic heterocycles. The average molecular weight is 345 g/mol. The molecule has 1 aromatic rings. The predicted octanol–water partition coefficient (Wildman–Crippen LogP) is 2.61. The topological polar surface area (TPSA) is 57.7 Å². The number of rotatable bonds is 3. The summed E-state index contributed by atoms with van der Waals surface area (Å²) in [6.45, 7) is 3.60. The predicted molar refractivity (Wildman–Crippen MR) is 89.0 cm³/mol. The summed E-state index contributed by atoms with van der Waals surface area (Å²) in [5.74, 6) is 0.489. The van der Waals surface area contributed by atoms with E-state index < -0.39 is 10.0 Å². The van der Waals surface area contributed by atoms with Gasteiger partial charge in [-0.05, 0) is 37.0 Å². The minimum absolute atomic E-state index is 0.138. The first-order valence-electron chi connectivity index (χ1n) is 7.23. The molecule has 1 aliphatic rings. The summed E-state index contributed by atoms with van der Waals surface area (Å²) in [7, 11) is -1.92. The van der Waals surface area contributed by atoms with E-state index >= 15 is 0 Å². The Labute approximate surface area is 136 Å². The standard InChI is InChI=1S/C15H21ClN2O3S/c1-11-6-8-18(9-7-11)15(19)13-10-12(4-5-14(13)16)17(2)22(3,20)21/h4-5,10-11H,6-9H2,1-3H3. The molecule has 7 heteroatoms. The molecule has 0 saturated carbocycles. The number of hydrogen-bond acceptors (Lipinski definition) is 3. The number of amides is 1. The smallest absolute Gasteiger partial charge is 0.255 e. The van der Waals surface area contributed by atoms with Gasteiger partial charge in [0.2, 0.25) is 10.0 Å². The van der Waals surface area contributed by atoms with Crippen molar-refractivity contribution < 1.29 is 13.2 Å². The van der Waals surface area contributed by atoms with Crippen LogP contribution in [-0.2, 0) is 10.0 Å². The van der Waals surface area contributed by atoms with Crippen LogP contribution in [0.2, 0.25) is 5.02 Å². The highest BCUT2D eigenvalue weighted by molar-refractivity contribution is 7.92. The van der Waals surface area contributed by atoms with Crippen molar-refractivity contribution in [3.05, 3.63) is 28.8 Å². The van der Waals surface area contributed by atoms with Gasteiger partial charge in [0.25, 0.3) is 5.91 Å². The van der Waals surface area contributed by atoms with Gasteiger partial charge in [-0.2, -0.15) is 0 Å². The van der Waals surface area contributed by atoms with E-state index in [-0.39, 0.29) is 5.91 Å². The van der Waals surface area contributed by atoms with Crippen molar-refractivity contribution in [1.82, 2.24) is 4.90 Å². The van der Waals surface area contributed by atoms with Crippen molar-refractivity contribution in [2.24, 2.45) is 5.92 Å². The Bertz CT molecular complexity index is 667. The van der Waals surface area contributed by atoms with E-state index in [9.17, 15) is 13.2 Å². The van der Waals surface area contributed by atoms with Crippen LogP contribution >= 0.6 is 11.6 Å². The van der Waals surface area contributed by atoms with E-state index in [1.165, 1.54) is 7.05 Å². The molecule has 0 atom stereocenters. The first-order valence-corrected chi connectivity index (χ1v) is 9.45. The third-order valence-electron chi connectivity index (χ3n) is 4.11. The summed E-state index contributed by atoms with van der Waals surface area (Å²) >= 11 is 6.14. The molecule has 5 nitrogen and oxygen atoms in total. The van der Waals surface area contributed by atoms with Gasteiger partial charge in [0.1, 0.15) is 0 Å². The molecule has 1 saturated heterocycles. The largest absolute Gasteiger partial charge is 0.339 e. The minimum atomic E-state index is -3.38. The third kappa shape index (κ3) is 3.73. The Balaban J connectivity index is 2.29. The van der Waals surface area contributed by atoms with Crippen LogP contribution in [0.1, 0.15) is 30.1 Å². The van der Waals surface area contributed by atoms with Gasteiger partial charge in [-0.25, -0.2) is 8.42 Å². The van der Waals surface area contributed by atoms with E-state index in [1.807, 2.05) is 0 Å². The van der Waals surface area contributed by atoms with Gasteiger partial charge in [-0.1, -0.05) is 18.5 Å². The second-order valence-electron chi connectivity index (χ2n) is 5.87. The number of benzene rings is 1. The number of hydrogen-bond donors (Lipinski definition) is 0. The zero-order valence-corrected chi connectivity index (χ0v) is 14.6. The van der Waals surface area contributed by atoms with Crippen LogP contribution in [0.3, 0.4) is 0 Å². The molecule has 1 aromatic carbocycles. The van der Waals surface area contributed by atoms with Crippen molar-refractivity contribution in [2.45, 2.75) is 19.8 Å². The van der Waals surface area contributed by atoms with E-state index in [0.29, 0.717) is 35.3 Å². The highest BCUT2D eigenvalue weighted by Crippen LogP contribution is 2.26. The van der Waals surface area contributed by atoms with Crippen LogP contribution in [0.5, 0.6) is 0 Å². The molecule has 0 radical (unpaired) electrons. The van der Waals surface area contributed by atoms with Gasteiger partial charge >= 0.3 is 0 Å². The zero-order chi connectivity index (χ0) is 16.5. The van der Waals surface area contributed by atoms with Crippen molar-refractivity contribution in [3.63, 3.8) is 0 Å². The van der Waals surface area contributed by atoms with Gasteiger partial charge in [-0.3, -0.25) is 9.10 Å². The van der Waals surface area contributed by atoms with Gasteiger partial charge in [0, 0.05) is 20.1 Å². The molecule has 1 heterocycles. The van der Waals surface area contributed by atoms with Gasteiger partial charge < -0.3 is 4.90 Å². The van der Waals surface area contributed by atoms with Crippen LogP contribution < -0.4 is 4.31 Å². The van der Waals surface area contributed by atoms with Crippen LogP contribution in [0, 0.1) is 5.92 Å². The highest BCUT2D eigenvalue weighted by atomic mass is 35.5. The maximum Gasteiger partial charge on any atom is 0.255 e. The van der Waals surface area contributed by atoms with Crippen molar-refractivity contribution in [3.8, 4) is 0 Å². The Hall–Kier alpha value is -1.27. The summed E-state index contributed by atoms with van der Waals surface area (Å²) in [5.41, 5.74) is 0.782. The number of carbonyl (C=O) groups excluding carboxylic acids is 1. The minimum Gasteiger partial charge on any atom is -0.339 e. The lowest BCUT2D eigenvalue weighted by molar-refractivity contribution is 0.0697. The molecular formula is C15H21ClN2O3S. The maximum atomic E-state index is 12.6. The van der Waals surface area contributed by atoms with E-state index in [4.69, 9.17) is 11.6 Å². The Morgan fingerprint density at radius 3 is 2.45 bits per heavy atom. The quantitative estimate of drug-likeness (QED) is 0.846. The summed E-state index contributed by atoms with van der Waals surface area (Å²) in [6, 6.07) is 4.71. The number of carbonyl (C=O) groups is 1. The molecule has 2 rings (SSSR count). The Morgan fingerprint density at radius 2 is 1.91 bits per heavy atom. The summed E-state index contributed by atoms with van der Waals surface area (Å²) in [6.07, 6.45) is 3.08. The second kappa shape index (κ2) is 6.46. The first kappa shape index (κ1) is 17.1. The van der Waals surface area contributed by atoms with Crippen LogP contribution in [0.15, 0.2) is 18.2 Å². The molecule has 22 heavy (non-hydrogen) atoms. The van der Waals surface area contributed by atoms with E-state index in [0.717, 1.165) is 23.4 Å². The molecule has 0 bridgehead atoms. The molecule has 0 N–H and O–H groups in total. The highest BCUT2D eigenvalue weighted by Gasteiger charge is 2.24. The fourth-order valence-corrected chi connectivity index (χ4v) is 3.14. The second-order valence-corrected chi connectivity index (χ2v) is 8.29. The zero-order valence-electron chi connectivity index (χ0n) is 13.0. The molecule has 0 spiro atoms. The molecule has 1 aliphatic heterocycles. The summed E-state index contributed by atoms with van der Waals surface area (Å²) in [5, 5.41) is 0.342. The summed E-state index contributed by atoms with van der Waals surface area (Å²) < 4.78 is 24.4. The van der Waals surface area contributed by atoms with Crippen molar-refractivity contribution >= 4 is 33.2 Å². The molecule has 1 fully saturated rings. The van der Waals surface area contributed by atoms with Gasteiger partial charge in [0.05, 0.1) is 22.5 Å². The lowest BCUT2D eigenvalue weighted by Crippen LogP contribution is -2.38. The molecule has 1 amide bonds. The monoisotopic (exact) mass is 344 g/mol. The SMILES string of the molecule is CC1CCN(C(=O)c2cc(N(C)S(C)(=O)=O)ccc2Cl)CC1. The number of nitrogens with zero attached hydrogens (tertiary/aromatic N) is 2.